The van der Waals surface area contributed by atoms with Crippen molar-refractivity contribution in [2.45, 2.75) is 13.0 Å². The Morgan fingerprint density at radius 1 is 1.60 bits per heavy atom. The molecule has 1 fully saturated rings. The maximum Gasteiger partial charge on any atom is 0.251 e. The number of hydrogen-bond acceptors (Lipinski definition) is 5. The Kier molecular flexibility index (Phi) is 4.81. The zero-order valence-corrected chi connectivity index (χ0v) is 11.6. The molecule has 6 nitrogen and oxygen atoms in total. The number of phenols is 1. The van der Waals surface area contributed by atoms with E-state index in [9.17, 15) is 9.90 Å². The fourth-order valence-corrected chi connectivity index (χ4v) is 2.18. The quantitative estimate of drug-likeness (QED) is 0.549. The highest BCUT2D eigenvalue weighted by atomic mass is 16.5. The van der Waals surface area contributed by atoms with Crippen molar-refractivity contribution >= 4 is 11.6 Å². The lowest BCUT2D eigenvalue weighted by molar-refractivity contribution is -0.0246. The molecule has 4 N–H and O–H groups in total. The minimum atomic E-state index is -0.238. The van der Waals surface area contributed by atoms with E-state index in [4.69, 9.17) is 10.5 Å². The van der Waals surface area contributed by atoms with Crippen LogP contribution >= 0.6 is 0 Å². The number of nitrogens with two attached hydrogens (primary N) is 1. The first-order chi connectivity index (χ1) is 9.60. The Morgan fingerprint density at radius 3 is 3.10 bits per heavy atom. The van der Waals surface area contributed by atoms with Crippen LogP contribution in [0.3, 0.4) is 0 Å². The van der Waals surface area contributed by atoms with Crippen LogP contribution in [0.2, 0.25) is 0 Å². The molecule has 20 heavy (non-hydrogen) atoms. The molecule has 6 heteroatoms. The normalized spacial score (nSPS) is 19.8. The number of phenolic OH excluding ortho intramolecular Hbond substituents is 1. The third kappa shape index (κ3) is 3.61. The molecule has 1 atom stereocenters. The van der Waals surface area contributed by atoms with Gasteiger partial charge in [0, 0.05) is 25.2 Å². The molecule has 1 amide bonds. The Labute approximate surface area is 118 Å². The number of amides is 1. The van der Waals surface area contributed by atoms with Gasteiger partial charge in [0.1, 0.15) is 5.75 Å². The number of carbonyl (C=O) groups excluding carboxylic acids is 1. The van der Waals surface area contributed by atoms with Crippen molar-refractivity contribution in [3.63, 3.8) is 0 Å². The Balaban J connectivity index is 1.87. The molecule has 0 radical (unpaired) electrons. The number of morpholine rings is 1. The number of benzene rings is 1. The molecule has 0 saturated carbocycles. The standard InChI is InChI=1S/C14H21N3O3/c1-2-17-5-6-20-11(9-17)8-16-14(19)10-3-4-12(15)13(18)7-10/h3-4,7,11,18H,2,5-6,8-9,15H2,1H3,(H,16,19). The predicted molar refractivity (Wildman–Crippen MR) is 76.7 cm³/mol. The number of aromatic hydroxyl groups is 1. The number of carbonyl (C=O) groups is 1. The van der Waals surface area contributed by atoms with Crippen LogP contribution in [0.25, 0.3) is 0 Å². The summed E-state index contributed by atoms with van der Waals surface area (Å²) in [6.45, 7) is 6.01. The van der Waals surface area contributed by atoms with Crippen LogP contribution in [0, 0.1) is 0 Å². The Bertz CT molecular complexity index is 479. The van der Waals surface area contributed by atoms with Gasteiger partial charge in [-0.3, -0.25) is 9.69 Å². The molecule has 1 aliphatic rings. The number of nitrogens with one attached hydrogen (secondary N) is 1. The van der Waals surface area contributed by atoms with E-state index in [1.54, 1.807) is 6.07 Å². The van der Waals surface area contributed by atoms with Gasteiger partial charge in [0.05, 0.1) is 18.4 Å². The molecule has 1 aromatic rings. The van der Waals surface area contributed by atoms with Crippen molar-refractivity contribution in [1.29, 1.82) is 0 Å². The van der Waals surface area contributed by atoms with E-state index in [1.165, 1.54) is 12.1 Å². The summed E-state index contributed by atoms with van der Waals surface area (Å²) in [7, 11) is 0. The van der Waals surface area contributed by atoms with Gasteiger partial charge >= 0.3 is 0 Å². The number of ether oxygens (including phenoxy) is 1. The molecule has 2 rings (SSSR count). The number of nitrogen functional groups attached to an aromatic ring is 1. The number of nitrogens with zero attached hydrogens (tertiary/aromatic N) is 1. The topological polar surface area (TPSA) is 87.8 Å². The van der Waals surface area contributed by atoms with E-state index >= 15 is 0 Å². The second-order valence-electron chi connectivity index (χ2n) is 4.87. The number of anilines is 1. The molecular formula is C14H21N3O3. The summed E-state index contributed by atoms with van der Waals surface area (Å²) in [6.07, 6.45) is 0.00929. The summed E-state index contributed by atoms with van der Waals surface area (Å²) < 4.78 is 5.61. The second kappa shape index (κ2) is 6.58. The fourth-order valence-electron chi connectivity index (χ4n) is 2.18. The maximum atomic E-state index is 12.0. The second-order valence-corrected chi connectivity index (χ2v) is 4.87. The van der Waals surface area contributed by atoms with Gasteiger partial charge in [-0.2, -0.15) is 0 Å². The van der Waals surface area contributed by atoms with Crippen molar-refractivity contribution in [2.75, 3.05) is 38.5 Å². The molecule has 1 aliphatic heterocycles. The summed E-state index contributed by atoms with van der Waals surface area (Å²) in [5.41, 5.74) is 6.15. The molecule has 0 aliphatic carbocycles. The van der Waals surface area contributed by atoms with E-state index in [0.29, 0.717) is 18.7 Å². The van der Waals surface area contributed by atoms with Gasteiger partial charge in [-0.1, -0.05) is 6.92 Å². The lowest BCUT2D eigenvalue weighted by Gasteiger charge is -2.32. The highest BCUT2D eigenvalue weighted by Gasteiger charge is 2.20. The van der Waals surface area contributed by atoms with Crippen LogP contribution in [-0.2, 0) is 4.74 Å². The van der Waals surface area contributed by atoms with Gasteiger partial charge in [0.2, 0.25) is 0 Å². The number of rotatable bonds is 4. The predicted octanol–water partition coefficient (Wildman–Crippen LogP) is 0.425. The summed E-state index contributed by atoms with van der Waals surface area (Å²) in [5, 5.41) is 12.3. The molecule has 1 aromatic carbocycles. The Hall–Kier alpha value is -1.79. The molecule has 0 spiro atoms. The molecule has 110 valence electrons. The van der Waals surface area contributed by atoms with Gasteiger partial charge in [-0.25, -0.2) is 0 Å². The van der Waals surface area contributed by atoms with E-state index in [-0.39, 0.29) is 23.4 Å². The van der Waals surface area contributed by atoms with Crippen molar-refractivity contribution in [1.82, 2.24) is 10.2 Å². The zero-order valence-electron chi connectivity index (χ0n) is 11.6. The molecular weight excluding hydrogens is 258 g/mol. The number of likely N-dealkylation sites (N-methyl/N-ethyl adjacent to an activating group) is 1. The molecule has 1 heterocycles. The minimum Gasteiger partial charge on any atom is -0.506 e. The third-order valence-corrected chi connectivity index (χ3v) is 3.45. The van der Waals surface area contributed by atoms with E-state index in [1.807, 2.05) is 0 Å². The largest absolute Gasteiger partial charge is 0.506 e. The minimum absolute atomic E-state index is 0.00929. The van der Waals surface area contributed by atoms with Gasteiger partial charge < -0.3 is 20.9 Å². The van der Waals surface area contributed by atoms with E-state index in [2.05, 4.69) is 17.1 Å². The van der Waals surface area contributed by atoms with Crippen LogP contribution in [-0.4, -0.2) is 54.8 Å². The lowest BCUT2D eigenvalue weighted by atomic mass is 10.1. The van der Waals surface area contributed by atoms with Gasteiger partial charge in [0.15, 0.2) is 0 Å². The molecule has 0 bridgehead atoms. The van der Waals surface area contributed by atoms with Crippen molar-refractivity contribution in [3.8, 4) is 5.75 Å². The summed E-state index contributed by atoms with van der Waals surface area (Å²) in [4.78, 5) is 14.3. The van der Waals surface area contributed by atoms with Gasteiger partial charge in [-0.05, 0) is 24.7 Å². The average Bonchev–Trinajstić information content (AvgIpc) is 2.47. The van der Waals surface area contributed by atoms with E-state index in [0.717, 1.165) is 19.6 Å². The van der Waals surface area contributed by atoms with Crippen LogP contribution in [0.1, 0.15) is 17.3 Å². The van der Waals surface area contributed by atoms with Crippen LogP contribution < -0.4 is 11.1 Å². The molecule has 1 saturated heterocycles. The highest BCUT2D eigenvalue weighted by molar-refractivity contribution is 5.95. The monoisotopic (exact) mass is 279 g/mol. The van der Waals surface area contributed by atoms with Gasteiger partial charge in [0.25, 0.3) is 5.91 Å². The van der Waals surface area contributed by atoms with Crippen molar-refractivity contribution in [3.05, 3.63) is 23.8 Å². The first kappa shape index (κ1) is 14.6. The van der Waals surface area contributed by atoms with Crippen LogP contribution in [0.15, 0.2) is 18.2 Å². The van der Waals surface area contributed by atoms with Gasteiger partial charge in [-0.15, -0.1) is 0 Å². The lowest BCUT2D eigenvalue weighted by Crippen LogP contribution is -2.47. The molecule has 0 aromatic heterocycles. The zero-order chi connectivity index (χ0) is 14.5. The Morgan fingerprint density at radius 2 is 2.40 bits per heavy atom. The highest BCUT2D eigenvalue weighted by Crippen LogP contribution is 2.20. The SMILES string of the molecule is CCN1CCOC(CNC(=O)c2ccc(N)c(O)c2)C1. The third-order valence-electron chi connectivity index (χ3n) is 3.45. The van der Waals surface area contributed by atoms with Crippen molar-refractivity contribution in [2.24, 2.45) is 0 Å². The van der Waals surface area contributed by atoms with Crippen LogP contribution in [0.4, 0.5) is 5.69 Å². The molecule has 1 unspecified atom stereocenters. The van der Waals surface area contributed by atoms with Crippen LogP contribution in [0.5, 0.6) is 5.75 Å². The summed E-state index contributed by atoms with van der Waals surface area (Å²) in [5.74, 6) is -0.318. The smallest absolute Gasteiger partial charge is 0.251 e. The maximum absolute atomic E-state index is 12.0. The van der Waals surface area contributed by atoms with E-state index < -0.39 is 0 Å². The summed E-state index contributed by atoms with van der Waals surface area (Å²) >= 11 is 0. The first-order valence-corrected chi connectivity index (χ1v) is 6.80. The summed E-state index contributed by atoms with van der Waals surface area (Å²) in [6, 6.07) is 4.47. The first-order valence-electron chi connectivity index (χ1n) is 6.80. The average molecular weight is 279 g/mol. The van der Waals surface area contributed by atoms with Crippen molar-refractivity contribution < 1.29 is 14.6 Å². The fraction of sp³-hybridized carbons (Fsp3) is 0.500. The number of hydrogen-bond donors (Lipinski definition) is 3.